The predicted molar refractivity (Wildman–Crippen MR) is 497 cm³/mol. The molecule has 5 N–H and O–H groups in total. The van der Waals surface area contributed by atoms with Gasteiger partial charge in [0, 0.05) is 32.7 Å². The summed E-state index contributed by atoms with van der Waals surface area (Å²) in [6.07, 6.45) is 14.3. The van der Waals surface area contributed by atoms with Crippen LogP contribution in [0.5, 0.6) is 0 Å². The number of methoxy groups -OCH3 is 5. The Morgan fingerprint density at radius 1 is 0.234 bits per heavy atom. The van der Waals surface area contributed by atoms with Crippen LogP contribution in [-0.4, -0.2) is 98.1 Å². The lowest BCUT2D eigenvalue weighted by atomic mass is 9.97. The normalized spacial score (nSPS) is 11.7. The molecule has 0 saturated heterocycles. The molecule has 0 amide bonds. The van der Waals surface area contributed by atoms with Gasteiger partial charge in [-0.2, -0.15) is 0 Å². The maximum absolute atomic E-state index is 13.2. The summed E-state index contributed by atoms with van der Waals surface area (Å²) >= 11 is 0. The predicted octanol–water partition coefficient (Wildman–Crippen LogP) is 20.4. The molecule has 0 aliphatic rings. The van der Waals surface area contributed by atoms with Crippen LogP contribution >= 0.6 is 0 Å². The molecule has 13 aromatic rings. The smallest absolute Gasteiger partial charge is 0.327 e. The summed E-state index contributed by atoms with van der Waals surface area (Å²) in [7, 11) is 6.97. The Balaban J connectivity index is 0.000000177. The zero-order valence-electron chi connectivity index (χ0n) is 70.4. The van der Waals surface area contributed by atoms with Crippen LogP contribution in [0.4, 0.5) is 4.39 Å². The van der Waals surface area contributed by atoms with Crippen LogP contribution in [-0.2, 0) is 47.7 Å². The van der Waals surface area contributed by atoms with Gasteiger partial charge in [-0.05, 0) is 101 Å². The fourth-order valence-corrected chi connectivity index (χ4v) is 13.2. The van der Waals surface area contributed by atoms with E-state index in [1.807, 2.05) is 322 Å². The highest BCUT2D eigenvalue weighted by molar-refractivity contribution is 5.84. The third-order valence-corrected chi connectivity index (χ3v) is 19.4. The second-order valence-electron chi connectivity index (χ2n) is 27.7. The summed E-state index contributed by atoms with van der Waals surface area (Å²) in [6.45, 7) is 2.69. The third-order valence-electron chi connectivity index (χ3n) is 19.4. The molecule has 0 saturated carbocycles. The van der Waals surface area contributed by atoms with Gasteiger partial charge in [0.15, 0.2) is 0 Å². The lowest BCUT2D eigenvalue weighted by Gasteiger charge is -2.17. The standard InChI is InChI=1S/C24H22FNO2.2C24H23NO2.2C18H19NO2/c1-28-24(27)23(20-12-14-21(25)15-13-20)26-17-16-22(18-8-4-2-5-9-18)19-10-6-3-7-11-19;2*1-27-24(26)23(21-15-9-4-10-16-21)25-18-17-22(19-11-5-2-6-12-19)20-13-7-3-8-14-20;2*1-21-18(20)17(16-12-6-3-7-13-16)19-14-8-11-15-9-4-2-5-10-15/h2-16,23,26H,17H2,1H3;2*2-17,23,25H,18H2,1H3;2*2-13,17,19H,14H2,1H3/b;;;2*11-8+/t3*23-;2*17-/m11010/s1. The summed E-state index contributed by atoms with van der Waals surface area (Å²) in [4.78, 5) is 60.4. The molecule has 13 aromatic carbocycles. The minimum absolute atomic E-state index is 0.283. The van der Waals surface area contributed by atoms with E-state index in [9.17, 15) is 28.4 Å². The first-order valence-electron chi connectivity index (χ1n) is 40.8. The second-order valence-corrected chi connectivity index (χ2v) is 27.7. The molecule has 16 heteroatoms. The zero-order chi connectivity index (χ0) is 87.4. The number of benzene rings is 13. The highest BCUT2D eigenvalue weighted by atomic mass is 19.1. The molecular weight excluding hydrogens is 1550 g/mol. The quantitative estimate of drug-likeness (QED) is 0.0193. The van der Waals surface area contributed by atoms with Crippen molar-refractivity contribution in [1.29, 1.82) is 0 Å². The van der Waals surface area contributed by atoms with Gasteiger partial charge in [-0.25, -0.2) is 28.4 Å². The van der Waals surface area contributed by atoms with Crippen molar-refractivity contribution in [3.63, 3.8) is 0 Å². The van der Waals surface area contributed by atoms with Crippen LogP contribution in [0.1, 0.15) is 103 Å². The van der Waals surface area contributed by atoms with Crippen molar-refractivity contribution in [3.05, 3.63) is 497 Å². The minimum atomic E-state index is -0.672. The van der Waals surface area contributed by atoms with E-state index in [4.69, 9.17) is 23.7 Å². The fourth-order valence-electron chi connectivity index (χ4n) is 13.2. The SMILES string of the molecule is COC(=O)[C@@H](NC/C=C/c1ccccc1)c1ccccc1.COC(=O)[C@@H](NCC=C(c1ccccc1)c1ccccc1)c1ccccc1.COC(=O)[C@H](NC/C=C/c1ccccc1)c1ccccc1.COC(=O)[C@H](NCC=C(c1ccccc1)c1ccccc1)c1ccc(F)cc1.COC(=O)[C@H](NCC=C(c1ccccc1)c1ccccc1)c1ccccc1. The molecule has 0 aliphatic heterocycles. The highest BCUT2D eigenvalue weighted by Gasteiger charge is 2.25. The van der Waals surface area contributed by atoms with Gasteiger partial charge < -0.3 is 23.7 Å². The van der Waals surface area contributed by atoms with Crippen molar-refractivity contribution in [2.75, 3.05) is 68.3 Å². The molecule has 124 heavy (non-hydrogen) atoms. The van der Waals surface area contributed by atoms with E-state index >= 15 is 0 Å². The van der Waals surface area contributed by atoms with Crippen molar-refractivity contribution in [2.24, 2.45) is 0 Å². The first kappa shape index (κ1) is 93.5. The lowest BCUT2D eigenvalue weighted by Crippen LogP contribution is -2.30. The van der Waals surface area contributed by atoms with Crippen molar-refractivity contribution >= 4 is 58.7 Å². The number of esters is 5. The van der Waals surface area contributed by atoms with Crippen molar-refractivity contribution in [1.82, 2.24) is 26.6 Å². The molecule has 0 bridgehead atoms. The van der Waals surface area contributed by atoms with Crippen LogP contribution in [0.3, 0.4) is 0 Å². The van der Waals surface area contributed by atoms with E-state index in [1.54, 1.807) is 12.1 Å². The van der Waals surface area contributed by atoms with E-state index in [0.717, 1.165) is 83.5 Å². The Kier molecular flexibility index (Phi) is 40.7. The summed E-state index contributed by atoms with van der Waals surface area (Å²) in [5.74, 6) is -1.92. The summed E-state index contributed by atoms with van der Waals surface area (Å²) in [6, 6.07) is 123. The second kappa shape index (κ2) is 54.0. The van der Waals surface area contributed by atoms with E-state index in [1.165, 1.54) is 47.7 Å². The van der Waals surface area contributed by atoms with Crippen molar-refractivity contribution in [2.45, 2.75) is 30.2 Å². The van der Waals surface area contributed by atoms with Crippen LogP contribution < -0.4 is 26.6 Å². The van der Waals surface area contributed by atoms with Crippen LogP contribution in [0, 0.1) is 5.82 Å². The molecule has 0 spiro atoms. The molecule has 0 aromatic heterocycles. The Morgan fingerprint density at radius 2 is 0.403 bits per heavy atom. The van der Waals surface area contributed by atoms with Gasteiger partial charge >= 0.3 is 29.8 Å². The number of carbonyl (C=O) groups excluding carboxylic acids is 5. The number of rotatable bonds is 33. The maximum atomic E-state index is 13.2. The molecule has 0 heterocycles. The minimum Gasteiger partial charge on any atom is -0.468 e. The molecule has 630 valence electrons. The van der Waals surface area contributed by atoms with Crippen molar-refractivity contribution < 1.29 is 52.0 Å². The van der Waals surface area contributed by atoms with Crippen molar-refractivity contribution in [3.8, 4) is 0 Å². The van der Waals surface area contributed by atoms with Gasteiger partial charge in [0.25, 0.3) is 0 Å². The average molecular weight is 1650 g/mol. The Hall–Kier alpha value is -14.4. The molecule has 5 atom stereocenters. The first-order valence-corrected chi connectivity index (χ1v) is 40.8. The third kappa shape index (κ3) is 31.3. The van der Waals surface area contributed by atoms with Gasteiger partial charge in [-0.1, -0.05) is 419 Å². The summed E-state index contributed by atoms with van der Waals surface area (Å²) in [5.41, 5.74) is 16.5. The largest absolute Gasteiger partial charge is 0.468 e. The molecule has 0 unspecified atom stereocenters. The Morgan fingerprint density at radius 3 is 0.597 bits per heavy atom. The maximum Gasteiger partial charge on any atom is 0.327 e. The molecular formula is C108H106FN5O10. The number of carbonyl (C=O) groups is 5. The van der Waals surface area contributed by atoms with Crippen LogP contribution in [0.15, 0.2) is 419 Å². The molecule has 15 nitrogen and oxygen atoms in total. The van der Waals surface area contributed by atoms with Gasteiger partial charge in [-0.3, -0.25) is 26.6 Å². The lowest BCUT2D eigenvalue weighted by molar-refractivity contribution is -0.144. The highest BCUT2D eigenvalue weighted by Crippen LogP contribution is 2.28. The summed E-state index contributed by atoms with van der Waals surface area (Å²) in [5, 5.41) is 16.2. The van der Waals surface area contributed by atoms with Crippen LogP contribution in [0.25, 0.3) is 28.9 Å². The van der Waals surface area contributed by atoms with E-state index in [0.29, 0.717) is 38.3 Å². The van der Waals surface area contributed by atoms with Gasteiger partial charge in [0.1, 0.15) is 36.0 Å². The zero-order valence-corrected chi connectivity index (χ0v) is 70.4. The Bertz CT molecular complexity index is 5010. The molecule has 13 rings (SSSR count). The number of nitrogens with one attached hydrogen (secondary N) is 5. The summed E-state index contributed by atoms with van der Waals surface area (Å²) < 4.78 is 37.8. The van der Waals surface area contributed by atoms with E-state index in [2.05, 4.69) is 112 Å². The Labute approximate surface area is 728 Å². The number of ether oxygens (including phenoxy) is 5. The average Bonchev–Trinajstić information content (AvgIpc) is 0.848. The van der Waals surface area contributed by atoms with E-state index in [-0.39, 0.29) is 29.7 Å². The number of hydrogen-bond donors (Lipinski definition) is 5. The van der Waals surface area contributed by atoms with E-state index < -0.39 is 36.2 Å². The van der Waals surface area contributed by atoms with Crippen LogP contribution in [0.2, 0.25) is 0 Å². The number of hydrogen-bond acceptors (Lipinski definition) is 15. The molecule has 0 fully saturated rings. The monoisotopic (exact) mass is 1650 g/mol. The number of halogens is 1. The topological polar surface area (TPSA) is 192 Å². The van der Waals surface area contributed by atoms with Gasteiger partial charge in [0.05, 0.1) is 35.5 Å². The first-order chi connectivity index (χ1) is 60.9. The van der Waals surface area contributed by atoms with Gasteiger partial charge in [-0.15, -0.1) is 0 Å². The molecule has 0 aliphatic carbocycles. The van der Waals surface area contributed by atoms with Gasteiger partial charge in [0.2, 0.25) is 0 Å². The molecule has 0 radical (unpaired) electrons. The fraction of sp³-hybridized carbons (Fsp3) is 0.139.